The van der Waals surface area contributed by atoms with E-state index in [9.17, 15) is 18.0 Å². The standard InChI is InChI=1S/C19H27N5O5S/c1-4-29-16-9-7-15(8-10-16)20-17(25)13-24-19(26)22(2)18(21-24)14-6-5-11-23(12-14)30(3,27)28/h7-10,14H,4-6,11-13H2,1-3H3,(H,20,25). The Hall–Kier alpha value is -2.66. The van der Waals surface area contributed by atoms with Crippen molar-refractivity contribution in [2.75, 3.05) is 31.3 Å². The highest BCUT2D eigenvalue weighted by Gasteiger charge is 2.30. The lowest BCUT2D eigenvalue weighted by atomic mass is 9.99. The zero-order valence-electron chi connectivity index (χ0n) is 17.4. The van der Waals surface area contributed by atoms with Gasteiger partial charge < -0.3 is 10.1 Å². The summed E-state index contributed by atoms with van der Waals surface area (Å²) in [5, 5.41) is 7.07. The molecule has 2 heterocycles. The highest BCUT2D eigenvalue weighted by Crippen LogP contribution is 2.26. The minimum Gasteiger partial charge on any atom is -0.494 e. The van der Waals surface area contributed by atoms with Gasteiger partial charge in [0.15, 0.2) is 0 Å². The number of nitrogens with one attached hydrogen (secondary N) is 1. The molecule has 11 heteroatoms. The molecule has 1 aromatic carbocycles. The van der Waals surface area contributed by atoms with Crippen molar-refractivity contribution in [2.24, 2.45) is 7.05 Å². The Kier molecular flexibility index (Phi) is 6.61. The van der Waals surface area contributed by atoms with Crippen LogP contribution in [0.25, 0.3) is 0 Å². The van der Waals surface area contributed by atoms with Gasteiger partial charge >= 0.3 is 5.69 Å². The first-order valence-electron chi connectivity index (χ1n) is 9.80. The van der Waals surface area contributed by atoms with Crippen LogP contribution in [0.2, 0.25) is 0 Å². The highest BCUT2D eigenvalue weighted by molar-refractivity contribution is 7.88. The zero-order valence-corrected chi connectivity index (χ0v) is 18.2. The molecule has 30 heavy (non-hydrogen) atoms. The molecule has 1 fully saturated rings. The fourth-order valence-corrected chi connectivity index (χ4v) is 4.47. The highest BCUT2D eigenvalue weighted by atomic mass is 32.2. The largest absolute Gasteiger partial charge is 0.494 e. The van der Waals surface area contributed by atoms with Gasteiger partial charge in [0.05, 0.1) is 12.9 Å². The van der Waals surface area contributed by atoms with Gasteiger partial charge in [0.1, 0.15) is 18.1 Å². The molecule has 1 saturated heterocycles. The second-order valence-electron chi connectivity index (χ2n) is 7.32. The van der Waals surface area contributed by atoms with E-state index in [2.05, 4.69) is 10.4 Å². The van der Waals surface area contributed by atoms with E-state index < -0.39 is 15.7 Å². The maximum absolute atomic E-state index is 12.6. The number of nitrogens with zero attached hydrogens (tertiary/aromatic N) is 4. The Morgan fingerprint density at radius 3 is 2.63 bits per heavy atom. The normalized spacial score (nSPS) is 17.6. The number of carbonyl (C=O) groups is 1. The lowest BCUT2D eigenvalue weighted by Gasteiger charge is -2.30. The molecule has 164 valence electrons. The predicted molar refractivity (Wildman–Crippen MR) is 112 cm³/mol. The van der Waals surface area contributed by atoms with Crippen molar-refractivity contribution < 1.29 is 17.9 Å². The maximum Gasteiger partial charge on any atom is 0.346 e. The average molecular weight is 438 g/mol. The number of sulfonamides is 1. The van der Waals surface area contributed by atoms with E-state index in [1.807, 2.05) is 6.92 Å². The van der Waals surface area contributed by atoms with Gasteiger partial charge in [0.25, 0.3) is 0 Å². The molecule has 1 N–H and O–H groups in total. The molecule has 1 unspecified atom stereocenters. The summed E-state index contributed by atoms with van der Waals surface area (Å²) in [4.78, 5) is 24.9. The number of carbonyl (C=O) groups excluding carboxylic acids is 1. The van der Waals surface area contributed by atoms with Crippen molar-refractivity contribution in [3.63, 3.8) is 0 Å². The van der Waals surface area contributed by atoms with Crippen molar-refractivity contribution in [3.05, 3.63) is 40.6 Å². The van der Waals surface area contributed by atoms with E-state index in [1.54, 1.807) is 31.3 Å². The Balaban J connectivity index is 1.70. The summed E-state index contributed by atoms with van der Waals surface area (Å²) in [6, 6.07) is 6.94. The number of benzene rings is 1. The van der Waals surface area contributed by atoms with E-state index in [4.69, 9.17) is 4.74 Å². The summed E-state index contributed by atoms with van der Waals surface area (Å²) in [6.45, 7) is 2.96. The summed E-state index contributed by atoms with van der Waals surface area (Å²) in [5.74, 6) is 0.618. The first-order valence-corrected chi connectivity index (χ1v) is 11.7. The van der Waals surface area contributed by atoms with Gasteiger partial charge in [-0.15, -0.1) is 0 Å². The Bertz CT molecular complexity index is 1060. The van der Waals surface area contributed by atoms with Gasteiger partial charge in [0, 0.05) is 31.7 Å². The van der Waals surface area contributed by atoms with E-state index in [0.29, 0.717) is 36.8 Å². The van der Waals surface area contributed by atoms with Crippen molar-refractivity contribution in [2.45, 2.75) is 32.2 Å². The van der Waals surface area contributed by atoms with Crippen molar-refractivity contribution in [1.29, 1.82) is 0 Å². The van der Waals surface area contributed by atoms with Gasteiger partial charge in [0.2, 0.25) is 15.9 Å². The number of anilines is 1. The molecule has 1 aromatic heterocycles. The number of ether oxygens (including phenoxy) is 1. The summed E-state index contributed by atoms with van der Waals surface area (Å²) in [5.41, 5.74) is 0.173. The van der Waals surface area contributed by atoms with Gasteiger partial charge in [-0.05, 0) is 44.0 Å². The molecule has 1 amide bonds. The molecule has 0 spiro atoms. The quantitative estimate of drug-likeness (QED) is 0.684. The molecule has 0 aliphatic carbocycles. The molecule has 1 aliphatic heterocycles. The molecule has 1 atom stereocenters. The number of aromatic nitrogens is 3. The Morgan fingerprint density at radius 2 is 2.00 bits per heavy atom. The van der Waals surface area contributed by atoms with Crippen LogP contribution in [0, 0.1) is 0 Å². The van der Waals surface area contributed by atoms with Gasteiger partial charge in [-0.2, -0.15) is 5.10 Å². The number of hydrogen-bond donors (Lipinski definition) is 1. The van der Waals surface area contributed by atoms with Crippen LogP contribution in [-0.2, 0) is 28.4 Å². The fourth-order valence-electron chi connectivity index (χ4n) is 3.56. The lowest BCUT2D eigenvalue weighted by molar-refractivity contribution is -0.117. The Labute approximate surface area is 175 Å². The van der Waals surface area contributed by atoms with Crippen molar-refractivity contribution >= 4 is 21.6 Å². The van der Waals surface area contributed by atoms with Crippen LogP contribution in [0.15, 0.2) is 29.1 Å². The number of piperidine rings is 1. The monoisotopic (exact) mass is 437 g/mol. The molecule has 0 radical (unpaired) electrons. The smallest absolute Gasteiger partial charge is 0.346 e. The lowest BCUT2D eigenvalue weighted by Crippen LogP contribution is -2.39. The molecular formula is C19H27N5O5S. The predicted octanol–water partition coefficient (Wildman–Crippen LogP) is 0.758. The van der Waals surface area contributed by atoms with Gasteiger partial charge in [-0.3, -0.25) is 9.36 Å². The number of hydrogen-bond acceptors (Lipinski definition) is 6. The number of rotatable bonds is 7. The third-order valence-electron chi connectivity index (χ3n) is 5.04. The molecule has 1 aliphatic rings. The second kappa shape index (κ2) is 9.00. The number of amides is 1. The van der Waals surface area contributed by atoms with Crippen molar-refractivity contribution in [3.8, 4) is 5.75 Å². The average Bonchev–Trinajstić information content (AvgIpc) is 2.97. The molecular weight excluding hydrogens is 410 g/mol. The minimum atomic E-state index is -3.31. The molecule has 3 rings (SSSR count). The SMILES string of the molecule is CCOc1ccc(NC(=O)Cn2nc(C3CCCN(S(C)(=O)=O)C3)n(C)c2=O)cc1. The van der Waals surface area contributed by atoms with E-state index in [0.717, 1.165) is 11.1 Å². The minimum absolute atomic E-state index is 0.193. The molecule has 0 saturated carbocycles. The van der Waals surface area contributed by atoms with Crippen LogP contribution in [0.1, 0.15) is 31.5 Å². The van der Waals surface area contributed by atoms with Gasteiger partial charge in [-0.25, -0.2) is 22.2 Å². The van der Waals surface area contributed by atoms with Crippen LogP contribution in [0.3, 0.4) is 0 Å². The van der Waals surface area contributed by atoms with E-state index >= 15 is 0 Å². The van der Waals surface area contributed by atoms with Crippen LogP contribution < -0.4 is 15.7 Å². The van der Waals surface area contributed by atoms with Crippen LogP contribution in [0.4, 0.5) is 5.69 Å². The van der Waals surface area contributed by atoms with E-state index in [1.165, 1.54) is 15.1 Å². The third-order valence-corrected chi connectivity index (χ3v) is 6.30. The van der Waals surface area contributed by atoms with E-state index in [-0.39, 0.29) is 24.9 Å². The molecule has 10 nitrogen and oxygen atoms in total. The second-order valence-corrected chi connectivity index (χ2v) is 9.31. The summed E-state index contributed by atoms with van der Waals surface area (Å²) in [6.07, 6.45) is 2.60. The van der Waals surface area contributed by atoms with Gasteiger partial charge in [-0.1, -0.05) is 0 Å². The summed E-state index contributed by atoms with van der Waals surface area (Å²) in [7, 11) is -1.72. The molecule has 2 aromatic rings. The first-order chi connectivity index (χ1) is 14.2. The summed E-state index contributed by atoms with van der Waals surface area (Å²) < 4.78 is 33.0. The topological polar surface area (TPSA) is 116 Å². The van der Waals surface area contributed by atoms with Crippen LogP contribution in [0.5, 0.6) is 5.75 Å². The first kappa shape index (κ1) is 22.0. The van der Waals surface area contributed by atoms with Crippen LogP contribution in [-0.4, -0.2) is 58.9 Å². The molecule has 0 bridgehead atoms. The van der Waals surface area contributed by atoms with Crippen molar-refractivity contribution in [1.82, 2.24) is 18.7 Å². The maximum atomic E-state index is 12.6. The third kappa shape index (κ3) is 5.08. The Morgan fingerprint density at radius 1 is 1.30 bits per heavy atom. The zero-order chi connectivity index (χ0) is 21.9. The fraction of sp³-hybridized carbons (Fsp3) is 0.526. The van der Waals surface area contributed by atoms with Crippen LogP contribution >= 0.6 is 0 Å². The summed E-state index contributed by atoms with van der Waals surface area (Å²) >= 11 is 0.